The molecule has 0 spiro atoms. The first-order valence-corrected chi connectivity index (χ1v) is 7.19. The van der Waals surface area contributed by atoms with Crippen LogP contribution in [0.1, 0.15) is 5.82 Å². The van der Waals surface area contributed by atoms with E-state index in [9.17, 15) is 0 Å². The normalized spacial score (nSPS) is 11.0. The van der Waals surface area contributed by atoms with Crippen LogP contribution in [0.2, 0.25) is 0 Å². The third kappa shape index (κ3) is 2.01. The molecule has 0 N–H and O–H groups in total. The number of imidazole rings is 1. The minimum atomic E-state index is 0.403. The van der Waals surface area contributed by atoms with Crippen molar-refractivity contribution in [2.24, 2.45) is 0 Å². The third-order valence-electron chi connectivity index (χ3n) is 2.82. The van der Waals surface area contributed by atoms with Crippen molar-refractivity contribution < 1.29 is 0 Å². The van der Waals surface area contributed by atoms with E-state index >= 15 is 0 Å². The Morgan fingerprint density at radius 2 is 1.89 bits per heavy atom. The van der Waals surface area contributed by atoms with Gasteiger partial charge in [0.15, 0.2) is 0 Å². The molecule has 0 saturated carbocycles. The molecule has 0 bridgehead atoms. The second-order valence-electron chi connectivity index (χ2n) is 3.97. The van der Waals surface area contributed by atoms with Gasteiger partial charge in [0.05, 0.1) is 16.9 Å². The number of hydrogen-bond acceptors (Lipinski definition) is 1. The van der Waals surface area contributed by atoms with Gasteiger partial charge in [-0.25, -0.2) is 4.98 Å². The molecule has 0 unspecified atom stereocenters. The molecule has 0 aliphatic carbocycles. The summed E-state index contributed by atoms with van der Waals surface area (Å²) in [6.07, 6.45) is 0. The Balaban J connectivity index is 2.33. The molecule has 3 aromatic rings. The van der Waals surface area contributed by atoms with Gasteiger partial charge in [-0.2, -0.15) is 0 Å². The number of benzene rings is 2. The molecule has 2 aromatic carbocycles. The maximum atomic E-state index is 6.01. The average Bonchev–Trinajstić information content (AvgIpc) is 2.77. The van der Waals surface area contributed by atoms with E-state index < -0.39 is 0 Å². The summed E-state index contributed by atoms with van der Waals surface area (Å²) in [6, 6.07) is 16.4. The molecule has 1 heterocycles. The fraction of sp³-hybridized carbons (Fsp3) is 0.0714. The summed E-state index contributed by atoms with van der Waals surface area (Å²) in [5.41, 5.74) is 3.18. The van der Waals surface area contributed by atoms with E-state index in [0.29, 0.717) is 5.88 Å². The first-order chi connectivity index (χ1) is 8.79. The van der Waals surface area contributed by atoms with Crippen molar-refractivity contribution in [1.29, 1.82) is 0 Å². The summed E-state index contributed by atoms with van der Waals surface area (Å²) in [5, 5.41) is 0. The molecule has 1 aromatic heterocycles. The monoisotopic (exact) mass is 368 g/mol. The quantitative estimate of drug-likeness (QED) is 0.485. The summed E-state index contributed by atoms with van der Waals surface area (Å²) in [6.45, 7) is 0. The van der Waals surface area contributed by atoms with E-state index in [-0.39, 0.29) is 0 Å². The zero-order chi connectivity index (χ0) is 12.5. The van der Waals surface area contributed by atoms with Crippen LogP contribution in [-0.2, 0) is 5.88 Å². The maximum absolute atomic E-state index is 6.01. The Kier molecular flexibility index (Phi) is 3.26. The van der Waals surface area contributed by atoms with Gasteiger partial charge in [0, 0.05) is 9.26 Å². The lowest BCUT2D eigenvalue weighted by Gasteiger charge is -2.07. The Bertz CT molecular complexity index is 692. The second-order valence-corrected chi connectivity index (χ2v) is 5.48. The van der Waals surface area contributed by atoms with Crippen LogP contribution in [0.25, 0.3) is 16.7 Å². The van der Waals surface area contributed by atoms with Gasteiger partial charge in [-0.3, -0.25) is 4.57 Å². The van der Waals surface area contributed by atoms with Crippen molar-refractivity contribution in [2.45, 2.75) is 5.88 Å². The predicted octanol–water partition coefficient (Wildman–Crippen LogP) is 4.37. The van der Waals surface area contributed by atoms with E-state index in [0.717, 1.165) is 22.5 Å². The van der Waals surface area contributed by atoms with Crippen LogP contribution in [0.3, 0.4) is 0 Å². The first-order valence-electron chi connectivity index (χ1n) is 5.58. The maximum Gasteiger partial charge on any atom is 0.129 e. The zero-order valence-corrected chi connectivity index (χ0v) is 12.4. The summed E-state index contributed by atoms with van der Waals surface area (Å²) in [7, 11) is 0. The standard InChI is InChI=1S/C14H10ClIN2/c15-9-14-17-12-8-10(16)6-7-13(12)18(14)11-4-2-1-3-5-11/h1-8H,9H2. The SMILES string of the molecule is ClCc1nc2cc(I)ccc2n1-c1ccccc1. The molecule has 0 atom stereocenters. The lowest BCUT2D eigenvalue weighted by molar-refractivity contribution is 0.982. The number of alkyl halides is 1. The van der Waals surface area contributed by atoms with Gasteiger partial charge in [-0.05, 0) is 52.9 Å². The van der Waals surface area contributed by atoms with Crippen molar-refractivity contribution in [3.05, 3.63) is 57.9 Å². The summed E-state index contributed by atoms with van der Waals surface area (Å²) in [5.74, 6) is 1.28. The van der Waals surface area contributed by atoms with Crippen LogP contribution in [0.4, 0.5) is 0 Å². The number of hydrogen-bond donors (Lipinski definition) is 0. The second kappa shape index (κ2) is 4.90. The van der Waals surface area contributed by atoms with Gasteiger partial charge in [-0.15, -0.1) is 11.6 Å². The molecule has 90 valence electrons. The summed E-state index contributed by atoms with van der Waals surface area (Å²) >= 11 is 8.30. The smallest absolute Gasteiger partial charge is 0.129 e. The lowest BCUT2D eigenvalue weighted by atomic mass is 10.3. The van der Waals surface area contributed by atoms with Crippen molar-refractivity contribution >= 4 is 45.2 Å². The van der Waals surface area contributed by atoms with Crippen LogP contribution < -0.4 is 0 Å². The summed E-state index contributed by atoms with van der Waals surface area (Å²) in [4.78, 5) is 4.59. The van der Waals surface area contributed by atoms with Gasteiger partial charge in [0.2, 0.25) is 0 Å². The van der Waals surface area contributed by atoms with Crippen molar-refractivity contribution in [2.75, 3.05) is 0 Å². The molecule has 4 heteroatoms. The van der Waals surface area contributed by atoms with E-state index in [1.165, 1.54) is 3.57 Å². The molecular formula is C14H10ClIN2. The fourth-order valence-corrected chi connectivity index (χ4v) is 2.71. The third-order valence-corrected chi connectivity index (χ3v) is 3.73. The summed E-state index contributed by atoms with van der Waals surface area (Å²) < 4.78 is 3.29. The van der Waals surface area contributed by atoms with Gasteiger partial charge in [0.1, 0.15) is 5.82 Å². The number of nitrogens with zero attached hydrogens (tertiary/aromatic N) is 2. The highest BCUT2D eigenvalue weighted by Gasteiger charge is 2.11. The number of halogens is 2. The number of para-hydroxylation sites is 1. The number of fused-ring (bicyclic) bond motifs is 1. The molecule has 0 amide bonds. The van der Waals surface area contributed by atoms with E-state index in [4.69, 9.17) is 11.6 Å². The average molecular weight is 369 g/mol. The van der Waals surface area contributed by atoms with Crippen molar-refractivity contribution in [3.8, 4) is 5.69 Å². The molecule has 18 heavy (non-hydrogen) atoms. The van der Waals surface area contributed by atoms with Gasteiger partial charge in [-0.1, -0.05) is 18.2 Å². The fourth-order valence-electron chi connectivity index (χ4n) is 2.06. The van der Waals surface area contributed by atoms with E-state index in [2.05, 4.69) is 62.5 Å². The topological polar surface area (TPSA) is 17.8 Å². The lowest BCUT2D eigenvalue weighted by Crippen LogP contribution is -1.98. The Morgan fingerprint density at radius 3 is 2.61 bits per heavy atom. The molecule has 3 rings (SSSR count). The largest absolute Gasteiger partial charge is 0.295 e. The zero-order valence-electron chi connectivity index (χ0n) is 9.48. The molecular weight excluding hydrogens is 359 g/mol. The van der Waals surface area contributed by atoms with Crippen LogP contribution in [-0.4, -0.2) is 9.55 Å². The van der Waals surface area contributed by atoms with Crippen molar-refractivity contribution in [1.82, 2.24) is 9.55 Å². The van der Waals surface area contributed by atoms with Crippen LogP contribution in [0, 0.1) is 3.57 Å². The highest BCUT2D eigenvalue weighted by atomic mass is 127. The van der Waals surface area contributed by atoms with Crippen LogP contribution in [0.5, 0.6) is 0 Å². The Morgan fingerprint density at radius 1 is 1.11 bits per heavy atom. The van der Waals surface area contributed by atoms with E-state index in [1.807, 2.05) is 18.2 Å². The number of aromatic nitrogens is 2. The highest BCUT2D eigenvalue weighted by Crippen LogP contribution is 2.24. The first kappa shape index (κ1) is 12.0. The minimum Gasteiger partial charge on any atom is -0.295 e. The Hall–Kier alpha value is -1.07. The van der Waals surface area contributed by atoms with E-state index in [1.54, 1.807) is 0 Å². The van der Waals surface area contributed by atoms with Gasteiger partial charge < -0.3 is 0 Å². The molecule has 0 aliphatic heterocycles. The number of rotatable bonds is 2. The molecule has 0 saturated heterocycles. The molecule has 0 aliphatic rings. The molecule has 2 nitrogen and oxygen atoms in total. The van der Waals surface area contributed by atoms with Crippen LogP contribution in [0.15, 0.2) is 48.5 Å². The highest BCUT2D eigenvalue weighted by molar-refractivity contribution is 14.1. The van der Waals surface area contributed by atoms with Crippen molar-refractivity contribution in [3.63, 3.8) is 0 Å². The minimum absolute atomic E-state index is 0.403. The van der Waals surface area contributed by atoms with Gasteiger partial charge >= 0.3 is 0 Å². The van der Waals surface area contributed by atoms with Crippen LogP contribution >= 0.6 is 34.2 Å². The molecule has 0 radical (unpaired) electrons. The predicted molar refractivity (Wildman–Crippen MR) is 83.3 cm³/mol. The molecule has 0 fully saturated rings. The van der Waals surface area contributed by atoms with Gasteiger partial charge in [0.25, 0.3) is 0 Å². The Labute approximate surface area is 124 Å².